The van der Waals surface area contributed by atoms with E-state index in [-0.39, 0.29) is 36.4 Å². The maximum atomic E-state index is 13.0. The third kappa shape index (κ3) is 3.73. The summed E-state index contributed by atoms with van der Waals surface area (Å²) < 4.78 is 9.95. The van der Waals surface area contributed by atoms with Gasteiger partial charge in [0.25, 0.3) is 5.91 Å². The minimum atomic E-state index is -0.648. The van der Waals surface area contributed by atoms with Gasteiger partial charge in [-0.1, -0.05) is 31.0 Å². The Labute approximate surface area is 145 Å². The number of fused-ring (bicyclic) bond motifs is 1. The van der Waals surface area contributed by atoms with E-state index >= 15 is 0 Å². The maximum absolute atomic E-state index is 13.0. The Kier molecular flexibility index (Phi) is 5.16. The van der Waals surface area contributed by atoms with Crippen LogP contribution in [0.15, 0.2) is 39.5 Å². The summed E-state index contributed by atoms with van der Waals surface area (Å²) in [6.45, 7) is 0.239. The van der Waals surface area contributed by atoms with Gasteiger partial charge in [-0.2, -0.15) is 0 Å². The molecule has 0 radical (unpaired) electrons. The van der Waals surface area contributed by atoms with Crippen LogP contribution in [0.2, 0.25) is 0 Å². The van der Waals surface area contributed by atoms with Crippen molar-refractivity contribution >= 4 is 22.8 Å². The number of hydrogen-bond donors (Lipinski definition) is 0. The van der Waals surface area contributed by atoms with Crippen molar-refractivity contribution in [3.05, 3.63) is 46.3 Å². The van der Waals surface area contributed by atoms with Gasteiger partial charge in [0.15, 0.2) is 0 Å². The molecule has 6 heteroatoms. The number of benzene rings is 1. The molecule has 25 heavy (non-hydrogen) atoms. The molecule has 0 spiro atoms. The number of ether oxygens (including phenoxy) is 1. The fraction of sp³-hybridized carbons (Fsp3) is 0.421. The van der Waals surface area contributed by atoms with Gasteiger partial charge in [-0.3, -0.25) is 9.59 Å². The molecular formula is C19H21NO5. The highest BCUT2D eigenvalue weighted by Crippen LogP contribution is 2.25. The lowest BCUT2D eigenvalue weighted by molar-refractivity contribution is -0.140. The number of hydrogen-bond acceptors (Lipinski definition) is 5. The highest BCUT2D eigenvalue weighted by molar-refractivity contribution is 5.97. The Morgan fingerprint density at radius 1 is 1.24 bits per heavy atom. The van der Waals surface area contributed by atoms with Gasteiger partial charge in [0.1, 0.15) is 11.1 Å². The van der Waals surface area contributed by atoms with Crippen molar-refractivity contribution in [2.45, 2.75) is 38.1 Å². The second-order valence-electron chi connectivity index (χ2n) is 6.25. The van der Waals surface area contributed by atoms with Crippen LogP contribution in [0.5, 0.6) is 0 Å². The molecule has 0 bridgehead atoms. The molecule has 1 fully saturated rings. The molecule has 1 amide bonds. The fourth-order valence-electron chi connectivity index (χ4n) is 3.35. The predicted molar refractivity (Wildman–Crippen MR) is 92.4 cm³/mol. The number of carbonyl (C=O) groups excluding carboxylic acids is 2. The molecule has 0 saturated heterocycles. The van der Waals surface area contributed by atoms with Gasteiger partial charge < -0.3 is 14.1 Å². The van der Waals surface area contributed by atoms with E-state index in [0.717, 1.165) is 25.7 Å². The number of rotatable bonds is 5. The number of para-hydroxylation sites is 1. The number of nitrogens with zero attached hydrogens (tertiary/aromatic N) is 1. The molecule has 1 aromatic carbocycles. The number of esters is 1. The number of carbonyl (C=O) groups is 2. The summed E-state index contributed by atoms with van der Waals surface area (Å²) in [5, 5.41) is 0.699. The molecule has 2 aromatic rings. The van der Waals surface area contributed by atoms with Crippen LogP contribution in [0.1, 0.15) is 42.5 Å². The summed E-state index contributed by atoms with van der Waals surface area (Å²) in [5.41, 5.74) is -0.189. The Bertz CT molecular complexity index is 835. The summed E-state index contributed by atoms with van der Waals surface area (Å²) in [4.78, 5) is 38.4. The average molecular weight is 343 g/mol. The van der Waals surface area contributed by atoms with Crippen molar-refractivity contribution in [2.75, 3.05) is 13.7 Å². The van der Waals surface area contributed by atoms with Crippen molar-refractivity contribution < 1.29 is 18.7 Å². The van der Waals surface area contributed by atoms with Crippen LogP contribution in [-0.4, -0.2) is 36.5 Å². The molecule has 0 atom stereocenters. The van der Waals surface area contributed by atoms with Gasteiger partial charge >= 0.3 is 11.6 Å². The van der Waals surface area contributed by atoms with E-state index in [0.29, 0.717) is 11.0 Å². The van der Waals surface area contributed by atoms with Crippen molar-refractivity contribution in [3.63, 3.8) is 0 Å². The van der Waals surface area contributed by atoms with E-state index in [9.17, 15) is 14.4 Å². The SMILES string of the molecule is COC(=O)CCN(C(=O)c1cc2ccccc2oc1=O)C1CCCC1. The third-order valence-electron chi connectivity index (χ3n) is 4.68. The Morgan fingerprint density at radius 3 is 2.68 bits per heavy atom. The van der Waals surface area contributed by atoms with Gasteiger partial charge in [-0.15, -0.1) is 0 Å². The lowest BCUT2D eigenvalue weighted by Crippen LogP contribution is -2.42. The maximum Gasteiger partial charge on any atom is 0.349 e. The van der Waals surface area contributed by atoms with Crippen molar-refractivity contribution in [2.24, 2.45) is 0 Å². The molecule has 1 aliphatic rings. The average Bonchev–Trinajstić information content (AvgIpc) is 3.15. The normalized spacial score (nSPS) is 14.6. The van der Waals surface area contributed by atoms with Crippen LogP contribution in [-0.2, 0) is 9.53 Å². The molecule has 1 saturated carbocycles. The molecule has 1 aliphatic carbocycles. The lowest BCUT2D eigenvalue weighted by atomic mass is 10.1. The van der Waals surface area contributed by atoms with Gasteiger partial charge in [0, 0.05) is 18.0 Å². The summed E-state index contributed by atoms with van der Waals surface area (Å²) in [6.07, 6.45) is 3.95. The second-order valence-corrected chi connectivity index (χ2v) is 6.25. The smallest absolute Gasteiger partial charge is 0.349 e. The van der Waals surface area contributed by atoms with Crippen molar-refractivity contribution in [3.8, 4) is 0 Å². The van der Waals surface area contributed by atoms with Crippen LogP contribution in [0.3, 0.4) is 0 Å². The first-order valence-corrected chi connectivity index (χ1v) is 8.51. The standard InChI is InChI=1S/C19H21NO5/c1-24-17(21)10-11-20(14-7-3-4-8-14)18(22)15-12-13-6-2-5-9-16(13)25-19(15)23/h2,5-6,9,12,14H,3-4,7-8,10-11H2,1H3. The first-order valence-electron chi connectivity index (χ1n) is 8.51. The minimum Gasteiger partial charge on any atom is -0.469 e. The third-order valence-corrected chi connectivity index (χ3v) is 4.68. The summed E-state index contributed by atoms with van der Waals surface area (Å²) >= 11 is 0. The van der Waals surface area contributed by atoms with Gasteiger partial charge in [0.2, 0.25) is 0 Å². The molecule has 3 rings (SSSR count). The minimum absolute atomic E-state index is 0.00969. The largest absolute Gasteiger partial charge is 0.469 e. The Morgan fingerprint density at radius 2 is 1.96 bits per heavy atom. The molecule has 1 heterocycles. The highest BCUT2D eigenvalue weighted by Gasteiger charge is 2.29. The van der Waals surface area contributed by atoms with E-state index < -0.39 is 5.63 Å². The van der Waals surface area contributed by atoms with Gasteiger partial charge in [-0.05, 0) is 25.0 Å². The van der Waals surface area contributed by atoms with Crippen LogP contribution < -0.4 is 5.63 Å². The zero-order valence-electron chi connectivity index (χ0n) is 14.2. The van der Waals surface area contributed by atoms with Crippen molar-refractivity contribution in [1.29, 1.82) is 0 Å². The first-order chi connectivity index (χ1) is 12.1. The van der Waals surface area contributed by atoms with Crippen molar-refractivity contribution in [1.82, 2.24) is 4.90 Å². The summed E-state index contributed by atoms with van der Waals surface area (Å²) in [7, 11) is 1.32. The molecule has 0 aliphatic heterocycles. The van der Waals surface area contributed by atoms with Crippen LogP contribution in [0, 0.1) is 0 Å². The molecule has 6 nitrogen and oxygen atoms in total. The molecule has 132 valence electrons. The zero-order chi connectivity index (χ0) is 17.8. The molecule has 0 N–H and O–H groups in total. The topological polar surface area (TPSA) is 76.8 Å². The Balaban J connectivity index is 1.92. The number of amides is 1. The van der Waals surface area contributed by atoms with E-state index in [2.05, 4.69) is 4.74 Å². The fourth-order valence-corrected chi connectivity index (χ4v) is 3.35. The molecule has 0 unspecified atom stereocenters. The van der Waals surface area contributed by atoms with E-state index in [1.165, 1.54) is 7.11 Å². The molecular weight excluding hydrogens is 322 g/mol. The first kappa shape index (κ1) is 17.2. The van der Waals surface area contributed by atoms with Crippen LogP contribution in [0.4, 0.5) is 0 Å². The zero-order valence-corrected chi connectivity index (χ0v) is 14.2. The van der Waals surface area contributed by atoms with Gasteiger partial charge in [0.05, 0.1) is 13.5 Å². The predicted octanol–water partition coefficient (Wildman–Crippen LogP) is 2.74. The summed E-state index contributed by atoms with van der Waals surface area (Å²) in [5.74, 6) is -0.753. The lowest BCUT2D eigenvalue weighted by Gasteiger charge is -2.28. The van der Waals surface area contributed by atoms with Crippen LogP contribution in [0.25, 0.3) is 11.0 Å². The van der Waals surface area contributed by atoms with Gasteiger partial charge in [-0.25, -0.2) is 4.79 Å². The second kappa shape index (κ2) is 7.51. The molecule has 1 aromatic heterocycles. The summed E-state index contributed by atoms with van der Waals surface area (Å²) in [6, 6.07) is 8.70. The van der Waals surface area contributed by atoms with E-state index in [4.69, 9.17) is 4.42 Å². The Hall–Kier alpha value is -2.63. The monoisotopic (exact) mass is 343 g/mol. The highest BCUT2D eigenvalue weighted by atomic mass is 16.5. The number of methoxy groups -OCH3 is 1. The van der Waals surface area contributed by atoms with E-state index in [1.807, 2.05) is 6.07 Å². The van der Waals surface area contributed by atoms with Crippen LogP contribution >= 0.6 is 0 Å². The quantitative estimate of drug-likeness (QED) is 0.616. The van der Waals surface area contributed by atoms with E-state index in [1.54, 1.807) is 29.2 Å².